The van der Waals surface area contributed by atoms with E-state index in [1.54, 1.807) is 24.5 Å². The van der Waals surface area contributed by atoms with Crippen LogP contribution in [0.3, 0.4) is 0 Å². The van der Waals surface area contributed by atoms with Crippen LogP contribution in [0.15, 0.2) is 41.1 Å². The van der Waals surface area contributed by atoms with Crippen molar-refractivity contribution in [1.82, 2.24) is 5.32 Å². The molecule has 1 aromatic heterocycles. The van der Waals surface area contributed by atoms with E-state index in [1.165, 1.54) is 0 Å². The fourth-order valence-corrected chi connectivity index (χ4v) is 2.95. The van der Waals surface area contributed by atoms with Crippen LogP contribution in [0.4, 0.5) is 0 Å². The molecule has 116 valence electrons. The predicted octanol–water partition coefficient (Wildman–Crippen LogP) is 2.39. The molecule has 1 N–H and O–H groups in total. The van der Waals surface area contributed by atoms with Crippen molar-refractivity contribution in [3.05, 3.63) is 46.7 Å². The average molecular weight is 319 g/mol. The summed E-state index contributed by atoms with van der Waals surface area (Å²) in [6.45, 7) is 0.604. The largest absolute Gasteiger partial charge is 0.485 e. The Bertz CT molecular complexity index is 629. The number of hydrogen-bond donors (Lipinski definition) is 1. The van der Waals surface area contributed by atoms with Crippen LogP contribution in [0.25, 0.3) is 0 Å². The Hall–Kier alpha value is -2.05. The average Bonchev–Trinajstić information content (AvgIpc) is 3.09. The first-order valence-corrected chi connectivity index (χ1v) is 7.93. The molecule has 2 heterocycles. The lowest BCUT2D eigenvalue weighted by atomic mass is 10.2. The van der Waals surface area contributed by atoms with Gasteiger partial charge in [-0.05, 0) is 34.5 Å². The van der Waals surface area contributed by atoms with Crippen molar-refractivity contribution in [2.45, 2.75) is 12.2 Å². The van der Waals surface area contributed by atoms with Crippen molar-refractivity contribution in [1.29, 1.82) is 0 Å². The molecule has 0 spiro atoms. The first-order chi connectivity index (χ1) is 10.8. The van der Waals surface area contributed by atoms with Gasteiger partial charge in [-0.15, -0.1) is 0 Å². The number of amides is 1. The molecule has 0 fully saturated rings. The van der Waals surface area contributed by atoms with Gasteiger partial charge in [0.2, 0.25) is 6.10 Å². The molecule has 2 aromatic rings. The molecular formula is C16H17NO4S. The van der Waals surface area contributed by atoms with E-state index in [0.29, 0.717) is 18.0 Å². The number of carbonyl (C=O) groups is 1. The zero-order chi connectivity index (χ0) is 15.4. The number of methoxy groups -OCH3 is 1. The van der Waals surface area contributed by atoms with Crippen LogP contribution in [0.1, 0.15) is 11.7 Å². The molecule has 0 bridgehead atoms. The number of hydrogen-bond acceptors (Lipinski definition) is 5. The van der Waals surface area contributed by atoms with Crippen molar-refractivity contribution in [3.8, 4) is 11.5 Å². The predicted molar refractivity (Wildman–Crippen MR) is 83.4 cm³/mol. The van der Waals surface area contributed by atoms with E-state index < -0.39 is 6.10 Å². The Morgan fingerprint density at radius 1 is 1.41 bits per heavy atom. The van der Waals surface area contributed by atoms with Crippen LogP contribution in [-0.4, -0.2) is 32.3 Å². The smallest absolute Gasteiger partial charge is 0.264 e. The van der Waals surface area contributed by atoms with E-state index in [9.17, 15) is 4.79 Å². The van der Waals surface area contributed by atoms with Gasteiger partial charge in [-0.2, -0.15) is 11.3 Å². The van der Waals surface area contributed by atoms with Crippen LogP contribution in [-0.2, 0) is 9.53 Å². The van der Waals surface area contributed by atoms with Gasteiger partial charge < -0.3 is 19.5 Å². The molecule has 0 radical (unpaired) electrons. The quantitative estimate of drug-likeness (QED) is 0.919. The van der Waals surface area contributed by atoms with Crippen molar-refractivity contribution in [2.75, 3.05) is 20.3 Å². The van der Waals surface area contributed by atoms with E-state index >= 15 is 0 Å². The molecule has 0 saturated carbocycles. The lowest BCUT2D eigenvalue weighted by Crippen LogP contribution is -2.45. The fraction of sp³-hybridized carbons (Fsp3) is 0.312. The first kappa shape index (κ1) is 14.9. The zero-order valence-electron chi connectivity index (χ0n) is 12.2. The number of carbonyl (C=O) groups excluding carboxylic acids is 1. The third-order valence-electron chi connectivity index (χ3n) is 3.46. The molecular weight excluding hydrogens is 302 g/mol. The van der Waals surface area contributed by atoms with E-state index in [4.69, 9.17) is 14.2 Å². The summed E-state index contributed by atoms with van der Waals surface area (Å²) in [5.41, 5.74) is 1.05. The number of para-hydroxylation sites is 2. The van der Waals surface area contributed by atoms with Gasteiger partial charge in [0.15, 0.2) is 11.5 Å². The maximum Gasteiger partial charge on any atom is 0.264 e. The van der Waals surface area contributed by atoms with E-state index in [2.05, 4.69) is 5.32 Å². The first-order valence-electron chi connectivity index (χ1n) is 6.99. The molecule has 0 unspecified atom stereocenters. The Labute approximate surface area is 132 Å². The van der Waals surface area contributed by atoms with Gasteiger partial charge in [0.05, 0.1) is 0 Å². The fourth-order valence-electron chi connectivity index (χ4n) is 2.25. The summed E-state index contributed by atoms with van der Waals surface area (Å²) in [6.07, 6.45) is -0.804. The van der Waals surface area contributed by atoms with Crippen molar-refractivity contribution in [3.63, 3.8) is 0 Å². The molecule has 1 amide bonds. The minimum Gasteiger partial charge on any atom is -0.485 e. The van der Waals surface area contributed by atoms with Crippen LogP contribution in [0, 0.1) is 0 Å². The maximum absolute atomic E-state index is 12.2. The van der Waals surface area contributed by atoms with Gasteiger partial charge in [0.25, 0.3) is 5.91 Å². The number of nitrogens with one attached hydrogen (secondary N) is 1. The van der Waals surface area contributed by atoms with E-state index in [0.717, 1.165) is 5.56 Å². The molecule has 22 heavy (non-hydrogen) atoms. The number of benzene rings is 1. The second-order valence-electron chi connectivity index (χ2n) is 4.89. The third-order valence-corrected chi connectivity index (χ3v) is 4.16. The summed E-state index contributed by atoms with van der Waals surface area (Å²) in [5.74, 6) is 1.06. The highest BCUT2D eigenvalue weighted by Crippen LogP contribution is 2.30. The van der Waals surface area contributed by atoms with Crippen molar-refractivity contribution in [2.24, 2.45) is 0 Å². The molecule has 5 nitrogen and oxygen atoms in total. The number of thiophene rings is 1. The molecule has 6 heteroatoms. The van der Waals surface area contributed by atoms with E-state index in [1.807, 2.05) is 35.0 Å². The summed E-state index contributed by atoms with van der Waals surface area (Å²) in [7, 11) is 1.63. The minimum atomic E-state index is -0.644. The molecule has 1 aliphatic rings. The second-order valence-corrected chi connectivity index (χ2v) is 5.67. The molecule has 0 aliphatic carbocycles. The van der Waals surface area contributed by atoms with Crippen LogP contribution < -0.4 is 14.8 Å². The highest BCUT2D eigenvalue weighted by atomic mass is 32.1. The maximum atomic E-state index is 12.2. The number of rotatable bonds is 5. The van der Waals surface area contributed by atoms with Gasteiger partial charge >= 0.3 is 0 Å². The lowest BCUT2D eigenvalue weighted by Gasteiger charge is -2.26. The molecule has 2 atom stereocenters. The van der Waals surface area contributed by atoms with Crippen LogP contribution >= 0.6 is 11.3 Å². The standard InChI is InChI=1S/C16H17NO4S/c1-19-14(11-6-7-22-10-11)8-17-16(18)15-9-20-12-4-2-3-5-13(12)21-15/h2-7,10,14-15H,8-9H2,1H3,(H,17,18)/t14-,15+/m0/s1. The summed E-state index contributed by atoms with van der Waals surface area (Å²) in [4.78, 5) is 12.2. The van der Waals surface area contributed by atoms with Crippen molar-refractivity contribution >= 4 is 17.2 Å². The third kappa shape index (κ3) is 3.23. The van der Waals surface area contributed by atoms with Gasteiger partial charge in [0, 0.05) is 13.7 Å². The molecule has 1 aliphatic heterocycles. The summed E-state index contributed by atoms with van der Waals surface area (Å²) >= 11 is 1.60. The van der Waals surface area contributed by atoms with Gasteiger partial charge in [-0.1, -0.05) is 12.1 Å². The molecule has 0 saturated heterocycles. The minimum absolute atomic E-state index is 0.160. The van der Waals surface area contributed by atoms with Gasteiger partial charge in [0.1, 0.15) is 12.7 Å². The topological polar surface area (TPSA) is 56.8 Å². The summed E-state index contributed by atoms with van der Waals surface area (Å²) in [6, 6.07) is 9.31. The summed E-state index contributed by atoms with van der Waals surface area (Å²) < 4.78 is 16.6. The summed E-state index contributed by atoms with van der Waals surface area (Å²) in [5, 5.41) is 6.85. The molecule has 3 rings (SSSR count). The number of fused-ring (bicyclic) bond motifs is 1. The highest BCUT2D eigenvalue weighted by Gasteiger charge is 2.27. The highest BCUT2D eigenvalue weighted by molar-refractivity contribution is 7.07. The molecule has 1 aromatic carbocycles. The Morgan fingerprint density at radius 2 is 2.23 bits per heavy atom. The monoisotopic (exact) mass is 319 g/mol. The Kier molecular flexibility index (Phi) is 4.60. The Morgan fingerprint density at radius 3 is 2.95 bits per heavy atom. The van der Waals surface area contributed by atoms with Crippen molar-refractivity contribution < 1.29 is 19.0 Å². The van der Waals surface area contributed by atoms with E-state index in [-0.39, 0.29) is 18.6 Å². The normalized spacial score (nSPS) is 17.8. The van der Waals surface area contributed by atoms with Gasteiger partial charge in [-0.3, -0.25) is 4.79 Å². The van der Waals surface area contributed by atoms with Gasteiger partial charge in [-0.25, -0.2) is 0 Å². The zero-order valence-corrected chi connectivity index (χ0v) is 13.0. The Balaban J connectivity index is 1.57. The lowest BCUT2D eigenvalue weighted by molar-refractivity contribution is -0.130. The van der Waals surface area contributed by atoms with Crippen LogP contribution in [0.2, 0.25) is 0 Å². The second kappa shape index (κ2) is 6.81. The SMILES string of the molecule is CO[C@@H](CNC(=O)[C@H]1COc2ccccc2O1)c1ccsc1. The van der Waals surface area contributed by atoms with Crippen LogP contribution in [0.5, 0.6) is 11.5 Å². The number of ether oxygens (including phenoxy) is 3.